The molecule has 2 aromatic rings. The third-order valence-corrected chi connectivity index (χ3v) is 3.67. The maximum Gasteiger partial charge on any atom is 0.255 e. The molecule has 0 bridgehead atoms. The van der Waals surface area contributed by atoms with Crippen LogP contribution in [0.25, 0.3) is 22.0 Å². The maximum atomic E-state index is 5.98. The Hall–Kier alpha value is -2.92. The molecule has 0 saturated heterocycles. The van der Waals surface area contributed by atoms with E-state index < -0.39 is 0 Å². The molecule has 0 unspecified atom stereocenters. The summed E-state index contributed by atoms with van der Waals surface area (Å²) in [6.45, 7) is 3.96. The highest BCUT2D eigenvalue weighted by Gasteiger charge is 2.19. The van der Waals surface area contributed by atoms with E-state index in [-0.39, 0.29) is 6.10 Å². The van der Waals surface area contributed by atoms with Gasteiger partial charge in [0.1, 0.15) is 0 Å². The Balaban J connectivity index is 1.82. The Morgan fingerprint density at radius 2 is 1.92 bits per heavy atom. The Bertz CT molecular complexity index is 918. The van der Waals surface area contributed by atoms with Crippen molar-refractivity contribution in [3.05, 3.63) is 61.2 Å². The van der Waals surface area contributed by atoms with Gasteiger partial charge in [0, 0.05) is 17.1 Å². The van der Waals surface area contributed by atoms with Gasteiger partial charge in [-0.25, -0.2) is 9.97 Å². The van der Waals surface area contributed by atoms with Crippen molar-refractivity contribution in [2.24, 2.45) is 0 Å². The molecular formula is C19H17N3O2. The number of nitrogens with zero attached hydrogens (tertiary/aromatic N) is 3. The molecule has 24 heavy (non-hydrogen) atoms. The molecule has 5 heteroatoms. The lowest BCUT2D eigenvalue weighted by Gasteiger charge is -2.23. The van der Waals surface area contributed by atoms with E-state index in [1.54, 1.807) is 17.6 Å². The van der Waals surface area contributed by atoms with Crippen LogP contribution in [-0.2, 0) is 4.84 Å². The summed E-state index contributed by atoms with van der Waals surface area (Å²) >= 11 is 0. The normalized spacial score (nSPS) is 11.5. The smallest absolute Gasteiger partial charge is 0.255 e. The second-order valence-electron chi connectivity index (χ2n) is 5.86. The molecule has 2 heterocycles. The quantitative estimate of drug-likeness (QED) is 0.505. The fraction of sp³-hybridized carbons (Fsp3) is 0.158. The number of anilines is 2. The van der Waals surface area contributed by atoms with Gasteiger partial charge in [-0.1, -0.05) is 18.2 Å². The third kappa shape index (κ3) is 2.70. The summed E-state index contributed by atoms with van der Waals surface area (Å²) in [4.78, 5) is 15.1. The molecule has 1 aliphatic heterocycles. The lowest BCUT2D eigenvalue weighted by atomic mass is 10.2. The topological polar surface area (TPSA) is 51.4 Å². The van der Waals surface area contributed by atoms with Gasteiger partial charge < -0.3 is 4.42 Å². The van der Waals surface area contributed by atoms with Gasteiger partial charge in [-0.05, 0) is 43.7 Å². The SMILES string of the molecule is CC(C)ON(c1cc2ccocc-2c1)c1ncc2ccccc2n1. The fourth-order valence-electron chi connectivity index (χ4n) is 2.61. The van der Waals surface area contributed by atoms with E-state index in [2.05, 4.69) is 9.97 Å². The van der Waals surface area contributed by atoms with Crippen molar-refractivity contribution in [3.63, 3.8) is 0 Å². The molecule has 1 aliphatic carbocycles. The van der Waals surface area contributed by atoms with Gasteiger partial charge in [0.2, 0.25) is 0 Å². The summed E-state index contributed by atoms with van der Waals surface area (Å²) in [5.41, 5.74) is 3.83. The predicted molar refractivity (Wildman–Crippen MR) is 93.2 cm³/mol. The average Bonchev–Trinajstić information content (AvgIpc) is 3.03. The van der Waals surface area contributed by atoms with Crippen LogP contribution in [-0.4, -0.2) is 16.1 Å². The Morgan fingerprint density at radius 3 is 2.75 bits per heavy atom. The first-order valence-corrected chi connectivity index (χ1v) is 7.85. The van der Waals surface area contributed by atoms with Crippen LogP contribution in [0.3, 0.4) is 0 Å². The molecule has 0 atom stereocenters. The molecular weight excluding hydrogens is 302 g/mol. The predicted octanol–water partition coefficient (Wildman–Crippen LogP) is 4.81. The zero-order valence-corrected chi connectivity index (χ0v) is 13.5. The lowest BCUT2D eigenvalue weighted by molar-refractivity contribution is 0.0767. The minimum absolute atomic E-state index is 0.0113. The molecule has 0 saturated carbocycles. The van der Waals surface area contributed by atoms with Crippen LogP contribution in [0.4, 0.5) is 11.6 Å². The minimum Gasteiger partial charge on any atom is -0.472 e. The van der Waals surface area contributed by atoms with Crippen molar-refractivity contribution in [1.29, 1.82) is 0 Å². The summed E-state index contributed by atoms with van der Waals surface area (Å²) in [5.74, 6) is 0.509. The summed E-state index contributed by atoms with van der Waals surface area (Å²) < 4.78 is 5.24. The zero-order valence-electron chi connectivity index (χ0n) is 13.5. The molecule has 5 nitrogen and oxygen atoms in total. The molecule has 1 aromatic carbocycles. The monoisotopic (exact) mass is 319 g/mol. The molecule has 1 aromatic heterocycles. The van der Waals surface area contributed by atoms with Crippen molar-refractivity contribution in [2.75, 3.05) is 5.06 Å². The van der Waals surface area contributed by atoms with Gasteiger partial charge in [0.25, 0.3) is 5.95 Å². The highest BCUT2D eigenvalue weighted by molar-refractivity contribution is 5.80. The summed E-state index contributed by atoms with van der Waals surface area (Å²) in [6, 6.07) is 13.9. The number of para-hydroxylation sites is 1. The first-order valence-electron chi connectivity index (χ1n) is 7.85. The molecule has 0 N–H and O–H groups in total. The Labute approximate surface area is 139 Å². The number of hydrogen-bond acceptors (Lipinski definition) is 5. The lowest BCUT2D eigenvalue weighted by Crippen LogP contribution is -2.23. The fourth-order valence-corrected chi connectivity index (χ4v) is 2.61. The van der Waals surface area contributed by atoms with Gasteiger partial charge >= 0.3 is 0 Å². The largest absolute Gasteiger partial charge is 0.472 e. The van der Waals surface area contributed by atoms with Crippen LogP contribution in [0, 0.1) is 0 Å². The van der Waals surface area contributed by atoms with E-state index in [4.69, 9.17) is 9.25 Å². The molecule has 120 valence electrons. The van der Waals surface area contributed by atoms with Crippen molar-refractivity contribution in [1.82, 2.24) is 9.97 Å². The number of aromatic nitrogens is 2. The molecule has 2 aliphatic rings. The van der Waals surface area contributed by atoms with Gasteiger partial charge in [0.15, 0.2) is 0 Å². The van der Waals surface area contributed by atoms with Gasteiger partial charge in [-0.15, -0.1) is 0 Å². The Morgan fingerprint density at radius 1 is 1.08 bits per heavy atom. The standard InChI is InChI=1S/C19H17N3O2/c1-13(2)24-22(17-9-14-7-8-23-12-16(14)10-17)19-20-11-15-5-3-4-6-18(15)21-19/h3-13H,1-2H3. The second kappa shape index (κ2) is 5.94. The van der Waals surface area contributed by atoms with E-state index >= 15 is 0 Å². The number of hydrogen-bond donors (Lipinski definition) is 0. The number of rotatable bonds is 4. The van der Waals surface area contributed by atoms with E-state index in [9.17, 15) is 0 Å². The highest BCUT2D eigenvalue weighted by Crippen LogP contribution is 2.34. The first kappa shape index (κ1) is 14.7. The van der Waals surface area contributed by atoms with Gasteiger partial charge in [-0.2, -0.15) is 5.06 Å². The minimum atomic E-state index is -0.0113. The summed E-state index contributed by atoms with van der Waals surface area (Å²) in [6.07, 6.45) is 5.18. The van der Waals surface area contributed by atoms with Crippen molar-refractivity contribution in [2.45, 2.75) is 20.0 Å². The number of fused-ring (bicyclic) bond motifs is 2. The van der Waals surface area contributed by atoms with Crippen molar-refractivity contribution >= 4 is 22.5 Å². The molecule has 0 spiro atoms. The highest BCUT2D eigenvalue weighted by atomic mass is 16.7. The molecule has 0 radical (unpaired) electrons. The van der Waals surface area contributed by atoms with Crippen molar-refractivity contribution < 1.29 is 9.25 Å². The van der Waals surface area contributed by atoms with E-state index in [0.717, 1.165) is 27.7 Å². The van der Waals surface area contributed by atoms with Crippen LogP contribution >= 0.6 is 0 Å². The van der Waals surface area contributed by atoms with Crippen LogP contribution in [0.1, 0.15) is 13.8 Å². The third-order valence-electron chi connectivity index (χ3n) is 3.67. The second-order valence-corrected chi connectivity index (χ2v) is 5.86. The molecule has 4 rings (SSSR count). The zero-order chi connectivity index (χ0) is 16.5. The van der Waals surface area contributed by atoms with Gasteiger partial charge in [0.05, 0.1) is 29.8 Å². The number of benzene rings is 1. The summed E-state index contributed by atoms with van der Waals surface area (Å²) in [7, 11) is 0. The van der Waals surface area contributed by atoms with Crippen molar-refractivity contribution in [3.8, 4) is 11.1 Å². The summed E-state index contributed by atoms with van der Waals surface area (Å²) in [5, 5.41) is 2.68. The molecule has 0 amide bonds. The molecule has 0 fully saturated rings. The Kier molecular flexibility index (Phi) is 3.63. The van der Waals surface area contributed by atoms with E-state index in [0.29, 0.717) is 5.95 Å². The van der Waals surface area contributed by atoms with Gasteiger partial charge in [-0.3, -0.25) is 4.84 Å². The van der Waals surface area contributed by atoms with E-state index in [1.807, 2.05) is 62.5 Å². The average molecular weight is 319 g/mol. The first-order chi connectivity index (χ1) is 11.7. The van der Waals surface area contributed by atoms with Crippen LogP contribution in [0.15, 0.2) is 65.6 Å². The van der Waals surface area contributed by atoms with Crippen LogP contribution < -0.4 is 5.06 Å². The van der Waals surface area contributed by atoms with Crippen LogP contribution in [0.5, 0.6) is 0 Å². The van der Waals surface area contributed by atoms with Crippen LogP contribution in [0.2, 0.25) is 0 Å². The van der Waals surface area contributed by atoms with E-state index in [1.165, 1.54) is 0 Å². The maximum absolute atomic E-state index is 5.98.